The molecule has 0 atom stereocenters. The number of likely N-dealkylation sites (N-methyl/N-ethyl adjacent to an activating group) is 1. The van der Waals surface area contributed by atoms with Crippen molar-refractivity contribution in [2.24, 2.45) is 0 Å². The monoisotopic (exact) mass is 544 g/mol. The van der Waals surface area contributed by atoms with Crippen molar-refractivity contribution in [1.82, 2.24) is 19.4 Å². The molecular formula is C28H31F3N4O4. The summed E-state index contributed by atoms with van der Waals surface area (Å²) in [4.78, 5) is 31.3. The standard InChI is InChI=1S/C26H30N4O2.C2HF3O2/c1-28-16-17-30-23(21-6-4-3-5-7-21)19-27-25(30)26(28)12-14-29(15-13-26)24(31)18-20-8-10-22(32-2)11-9-20;3-2(4,5)1(6)7/h3-11,19H,12-18H2,1-2H3;(H,6,7). The molecule has 0 saturated carbocycles. The number of rotatable bonds is 4. The van der Waals surface area contributed by atoms with Gasteiger partial charge in [0.2, 0.25) is 5.91 Å². The number of carbonyl (C=O) groups excluding carboxylic acids is 1. The number of carboxylic acid groups (broad SMARTS) is 1. The van der Waals surface area contributed by atoms with Crippen LogP contribution in [0.15, 0.2) is 60.8 Å². The van der Waals surface area contributed by atoms with E-state index in [1.54, 1.807) is 7.11 Å². The predicted octanol–water partition coefficient (Wildman–Crippen LogP) is 4.20. The minimum absolute atomic E-state index is 0.109. The van der Waals surface area contributed by atoms with Gasteiger partial charge in [0, 0.05) is 26.2 Å². The van der Waals surface area contributed by atoms with Crippen LogP contribution < -0.4 is 4.74 Å². The van der Waals surface area contributed by atoms with Crippen molar-refractivity contribution in [3.63, 3.8) is 0 Å². The molecule has 8 nitrogen and oxygen atoms in total. The topological polar surface area (TPSA) is 87.9 Å². The van der Waals surface area contributed by atoms with Crippen molar-refractivity contribution in [3.8, 4) is 17.0 Å². The van der Waals surface area contributed by atoms with Crippen molar-refractivity contribution >= 4 is 11.9 Å². The highest BCUT2D eigenvalue weighted by molar-refractivity contribution is 5.79. The van der Waals surface area contributed by atoms with E-state index < -0.39 is 12.1 Å². The maximum absolute atomic E-state index is 13.0. The summed E-state index contributed by atoms with van der Waals surface area (Å²) < 4.78 is 39.3. The number of hydrogen-bond donors (Lipinski definition) is 1. The van der Waals surface area contributed by atoms with E-state index in [0.29, 0.717) is 6.42 Å². The van der Waals surface area contributed by atoms with Crippen LogP contribution in [0.4, 0.5) is 13.2 Å². The SMILES string of the molecule is COc1ccc(CC(=O)N2CCC3(CC2)c2ncc(-c4ccccc4)n2CCN3C)cc1.O=C(O)C(F)(F)F. The second-order valence-corrected chi connectivity index (χ2v) is 9.65. The Morgan fingerprint density at radius 2 is 1.62 bits per heavy atom. The summed E-state index contributed by atoms with van der Waals surface area (Å²) in [5.41, 5.74) is 3.31. The number of fused-ring (bicyclic) bond motifs is 2. The van der Waals surface area contributed by atoms with E-state index in [1.165, 1.54) is 11.3 Å². The van der Waals surface area contributed by atoms with Crippen LogP contribution >= 0.6 is 0 Å². The van der Waals surface area contributed by atoms with Gasteiger partial charge in [0.25, 0.3) is 0 Å². The Morgan fingerprint density at radius 1 is 1.00 bits per heavy atom. The van der Waals surface area contributed by atoms with Crippen molar-refractivity contribution in [1.29, 1.82) is 0 Å². The molecule has 2 aliphatic heterocycles. The van der Waals surface area contributed by atoms with Gasteiger partial charge in [-0.2, -0.15) is 13.2 Å². The molecule has 5 rings (SSSR count). The van der Waals surface area contributed by atoms with Gasteiger partial charge >= 0.3 is 12.1 Å². The summed E-state index contributed by atoms with van der Waals surface area (Å²) >= 11 is 0. The number of amides is 1. The molecule has 1 saturated heterocycles. The van der Waals surface area contributed by atoms with Crippen LogP contribution in [-0.4, -0.2) is 76.3 Å². The van der Waals surface area contributed by atoms with Crippen LogP contribution in [0, 0.1) is 0 Å². The van der Waals surface area contributed by atoms with Gasteiger partial charge in [-0.1, -0.05) is 42.5 Å². The third-order valence-electron chi connectivity index (χ3n) is 7.43. The van der Waals surface area contributed by atoms with E-state index in [-0.39, 0.29) is 11.4 Å². The van der Waals surface area contributed by atoms with Crippen LogP contribution in [0.1, 0.15) is 24.2 Å². The van der Waals surface area contributed by atoms with Gasteiger partial charge < -0.3 is 19.3 Å². The van der Waals surface area contributed by atoms with Gasteiger partial charge in [0.05, 0.1) is 31.0 Å². The van der Waals surface area contributed by atoms with Crippen LogP contribution in [0.25, 0.3) is 11.3 Å². The highest BCUT2D eigenvalue weighted by Gasteiger charge is 2.46. The first kappa shape index (κ1) is 28.2. The lowest BCUT2D eigenvalue weighted by molar-refractivity contribution is -0.192. The molecule has 208 valence electrons. The maximum atomic E-state index is 13.0. The van der Waals surface area contributed by atoms with Crippen LogP contribution in [-0.2, 0) is 28.1 Å². The van der Waals surface area contributed by atoms with E-state index in [0.717, 1.165) is 56.2 Å². The number of carboxylic acids is 1. The zero-order valence-electron chi connectivity index (χ0n) is 21.8. The van der Waals surface area contributed by atoms with Crippen molar-refractivity contribution in [2.45, 2.75) is 37.5 Å². The third kappa shape index (κ3) is 6.08. The fourth-order valence-corrected chi connectivity index (χ4v) is 5.21. The lowest BCUT2D eigenvalue weighted by Crippen LogP contribution is -2.57. The Morgan fingerprint density at radius 3 is 2.18 bits per heavy atom. The highest BCUT2D eigenvalue weighted by Crippen LogP contribution is 2.41. The van der Waals surface area contributed by atoms with Gasteiger partial charge in [-0.3, -0.25) is 9.69 Å². The van der Waals surface area contributed by atoms with Gasteiger partial charge in [0.15, 0.2) is 0 Å². The zero-order valence-corrected chi connectivity index (χ0v) is 21.8. The number of ether oxygens (including phenoxy) is 1. The van der Waals surface area contributed by atoms with Gasteiger partial charge in [-0.15, -0.1) is 0 Å². The molecule has 1 N–H and O–H groups in total. The Balaban J connectivity index is 0.000000448. The second kappa shape index (κ2) is 11.5. The molecule has 2 aromatic carbocycles. The molecule has 11 heteroatoms. The second-order valence-electron chi connectivity index (χ2n) is 9.65. The highest BCUT2D eigenvalue weighted by atomic mass is 19.4. The lowest BCUT2D eigenvalue weighted by Gasteiger charge is -2.49. The molecule has 2 aliphatic rings. The molecule has 3 heterocycles. The number of methoxy groups -OCH3 is 1. The fourth-order valence-electron chi connectivity index (χ4n) is 5.21. The fraction of sp³-hybridized carbons (Fsp3) is 0.393. The first-order valence-electron chi connectivity index (χ1n) is 12.6. The molecule has 39 heavy (non-hydrogen) atoms. The number of hydrogen-bond acceptors (Lipinski definition) is 5. The van der Waals surface area contributed by atoms with Crippen LogP contribution in [0.3, 0.4) is 0 Å². The van der Waals surface area contributed by atoms with E-state index in [1.807, 2.05) is 41.4 Å². The van der Waals surface area contributed by atoms with Crippen molar-refractivity contribution in [2.75, 3.05) is 33.8 Å². The number of carbonyl (C=O) groups is 2. The molecule has 1 amide bonds. The third-order valence-corrected chi connectivity index (χ3v) is 7.43. The molecule has 0 radical (unpaired) electrons. The number of halogens is 3. The first-order chi connectivity index (χ1) is 18.5. The summed E-state index contributed by atoms with van der Waals surface area (Å²) in [6.07, 6.45) is -0.821. The number of nitrogens with zero attached hydrogens (tertiary/aromatic N) is 4. The molecular weight excluding hydrogens is 513 g/mol. The van der Waals surface area contributed by atoms with E-state index >= 15 is 0 Å². The number of piperidine rings is 1. The maximum Gasteiger partial charge on any atom is 0.490 e. The number of aromatic nitrogens is 2. The molecule has 0 aliphatic carbocycles. The number of alkyl halides is 3. The number of imidazole rings is 1. The molecule has 0 bridgehead atoms. The van der Waals surface area contributed by atoms with Gasteiger partial charge in [-0.05, 0) is 43.1 Å². The number of likely N-dealkylation sites (tertiary alicyclic amines) is 1. The minimum Gasteiger partial charge on any atom is -0.497 e. The number of aliphatic carboxylic acids is 1. The Kier molecular flexibility index (Phi) is 8.29. The van der Waals surface area contributed by atoms with Crippen molar-refractivity contribution in [3.05, 3.63) is 72.2 Å². The average molecular weight is 545 g/mol. The molecule has 0 unspecified atom stereocenters. The summed E-state index contributed by atoms with van der Waals surface area (Å²) in [5, 5.41) is 7.12. The van der Waals surface area contributed by atoms with Crippen molar-refractivity contribution < 1.29 is 32.6 Å². The molecule has 1 spiro atoms. The lowest BCUT2D eigenvalue weighted by atomic mass is 9.83. The summed E-state index contributed by atoms with van der Waals surface area (Å²) in [7, 11) is 3.86. The van der Waals surface area contributed by atoms with Crippen LogP contribution in [0.2, 0.25) is 0 Å². The zero-order chi connectivity index (χ0) is 28.2. The molecule has 1 aromatic heterocycles. The van der Waals surface area contributed by atoms with Crippen LogP contribution in [0.5, 0.6) is 5.75 Å². The Labute approximate surface area is 224 Å². The molecule has 3 aromatic rings. The summed E-state index contributed by atoms with van der Waals surface area (Å²) in [6, 6.07) is 18.3. The minimum atomic E-state index is -5.08. The Hall–Kier alpha value is -3.86. The largest absolute Gasteiger partial charge is 0.497 e. The van der Waals surface area contributed by atoms with E-state index in [9.17, 15) is 18.0 Å². The van der Waals surface area contributed by atoms with Gasteiger partial charge in [0.1, 0.15) is 11.6 Å². The predicted molar refractivity (Wildman–Crippen MR) is 138 cm³/mol. The van der Waals surface area contributed by atoms with E-state index in [4.69, 9.17) is 19.6 Å². The smallest absolute Gasteiger partial charge is 0.490 e. The first-order valence-corrected chi connectivity index (χ1v) is 12.6. The van der Waals surface area contributed by atoms with Gasteiger partial charge in [-0.25, -0.2) is 9.78 Å². The summed E-state index contributed by atoms with van der Waals surface area (Å²) in [6.45, 7) is 3.45. The molecule has 1 fully saturated rings. The normalized spacial score (nSPS) is 16.7. The quantitative estimate of drug-likeness (QED) is 0.530. The van der Waals surface area contributed by atoms with E-state index in [2.05, 4.69) is 40.8 Å². The number of benzene rings is 2. The Bertz CT molecular complexity index is 1280. The summed E-state index contributed by atoms with van der Waals surface area (Å²) in [5.74, 6) is -0.608. The average Bonchev–Trinajstić information content (AvgIpc) is 3.37.